The highest BCUT2D eigenvalue weighted by molar-refractivity contribution is 7.99. The summed E-state index contributed by atoms with van der Waals surface area (Å²) in [6.07, 6.45) is 2.01. The van der Waals surface area contributed by atoms with Crippen molar-refractivity contribution in [3.05, 3.63) is 35.9 Å². The topological polar surface area (TPSA) is 49.4 Å². The number of carbonyl (C=O) groups excluding carboxylic acids is 2. The van der Waals surface area contributed by atoms with E-state index >= 15 is 0 Å². The van der Waals surface area contributed by atoms with E-state index in [1.165, 1.54) is 6.92 Å². The Morgan fingerprint density at radius 1 is 1.33 bits per heavy atom. The number of thioether (sulfide) groups is 1. The number of benzene rings is 1. The molecule has 0 bridgehead atoms. The van der Waals surface area contributed by atoms with Gasteiger partial charge < -0.3 is 10.2 Å². The van der Waals surface area contributed by atoms with Crippen molar-refractivity contribution in [1.29, 1.82) is 0 Å². The van der Waals surface area contributed by atoms with Crippen molar-refractivity contribution in [2.24, 2.45) is 0 Å². The first-order valence-corrected chi connectivity index (χ1v) is 8.43. The molecule has 0 saturated carbocycles. The summed E-state index contributed by atoms with van der Waals surface area (Å²) in [5.41, 5.74) is 1.07. The molecule has 1 aliphatic rings. The molecule has 114 valence electrons. The first-order chi connectivity index (χ1) is 10.1. The number of amides is 2. The van der Waals surface area contributed by atoms with Crippen LogP contribution in [0.1, 0.15) is 37.6 Å². The predicted molar refractivity (Wildman–Crippen MR) is 85.9 cm³/mol. The Balaban J connectivity index is 2.10. The predicted octanol–water partition coefficient (Wildman–Crippen LogP) is 2.57. The van der Waals surface area contributed by atoms with Crippen LogP contribution in [0.4, 0.5) is 0 Å². The van der Waals surface area contributed by atoms with E-state index in [0.717, 1.165) is 18.4 Å². The molecule has 4 nitrogen and oxygen atoms in total. The SMILES string of the molecule is CCCCNC(=O)C1CSC(c2ccccc2)N1C(C)=O. The van der Waals surface area contributed by atoms with Gasteiger partial charge in [0.1, 0.15) is 11.4 Å². The van der Waals surface area contributed by atoms with Crippen molar-refractivity contribution in [2.75, 3.05) is 12.3 Å². The Hall–Kier alpha value is -1.49. The number of hydrogen-bond donors (Lipinski definition) is 1. The number of nitrogens with zero attached hydrogens (tertiary/aromatic N) is 1. The molecule has 1 aromatic carbocycles. The first kappa shape index (κ1) is 15.9. The van der Waals surface area contributed by atoms with Crippen molar-refractivity contribution < 1.29 is 9.59 Å². The lowest BCUT2D eigenvalue weighted by Crippen LogP contribution is -2.47. The van der Waals surface area contributed by atoms with E-state index in [2.05, 4.69) is 12.2 Å². The second kappa shape index (κ2) is 7.50. The Bertz CT molecular complexity index is 492. The molecule has 0 aliphatic carbocycles. The van der Waals surface area contributed by atoms with Crippen molar-refractivity contribution in [1.82, 2.24) is 10.2 Å². The van der Waals surface area contributed by atoms with E-state index in [1.807, 2.05) is 30.3 Å². The summed E-state index contributed by atoms with van der Waals surface area (Å²) in [5.74, 6) is 0.561. The van der Waals surface area contributed by atoms with Crippen LogP contribution >= 0.6 is 11.8 Å². The lowest BCUT2D eigenvalue weighted by atomic mass is 10.1. The van der Waals surface area contributed by atoms with Crippen LogP contribution < -0.4 is 5.32 Å². The normalized spacial score (nSPS) is 21.3. The van der Waals surface area contributed by atoms with E-state index in [4.69, 9.17) is 0 Å². The number of unbranched alkanes of at least 4 members (excludes halogenated alkanes) is 1. The average Bonchev–Trinajstić information content (AvgIpc) is 2.93. The Morgan fingerprint density at radius 2 is 2.05 bits per heavy atom. The maximum absolute atomic E-state index is 12.3. The fraction of sp³-hybridized carbons (Fsp3) is 0.500. The van der Waals surface area contributed by atoms with Gasteiger partial charge in [0, 0.05) is 19.2 Å². The van der Waals surface area contributed by atoms with Gasteiger partial charge in [0.2, 0.25) is 11.8 Å². The number of hydrogen-bond acceptors (Lipinski definition) is 3. The van der Waals surface area contributed by atoms with Gasteiger partial charge in [0.15, 0.2) is 0 Å². The molecule has 2 amide bonds. The Labute approximate surface area is 130 Å². The van der Waals surface area contributed by atoms with Crippen molar-refractivity contribution in [3.8, 4) is 0 Å². The van der Waals surface area contributed by atoms with Crippen LogP contribution in [0, 0.1) is 0 Å². The largest absolute Gasteiger partial charge is 0.354 e. The fourth-order valence-corrected chi connectivity index (χ4v) is 3.96. The third kappa shape index (κ3) is 3.79. The van der Waals surface area contributed by atoms with Gasteiger partial charge in [-0.2, -0.15) is 0 Å². The monoisotopic (exact) mass is 306 g/mol. The zero-order valence-electron chi connectivity index (χ0n) is 12.5. The minimum atomic E-state index is -0.366. The van der Waals surface area contributed by atoms with E-state index in [1.54, 1.807) is 16.7 Å². The second-order valence-corrected chi connectivity index (χ2v) is 6.30. The molecule has 0 radical (unpaired) electrons. The minimum absolute atomic E-state index is 0.0374. The summed E-state index contributed by atoms with van der Waals surface area (Å²) in [6.45, 7) is 4.30. The smallest absolute Gasteiger partial charge is 0.243 e. The zero-order chi connectivity index (χ0) is 15.2. The lowest BCUT2D eigenvalue weighted by molar-refractivity contribution is -0.138. The van der Waals surface area contributed by atoms with Crippen LogP contribution in [0.15, 0.2) is 30.3 Å². The van der Waals surface area contributed by atoms with Gasteiger partial charge in [-0.3, -0.25) is 9.59 Å². The maximum Gasteiger partial charge on any atom is 0.243 e. The molecule has 2 atom stereocenters. The first-order valence-electron chi connectivity index (χ1n) is 7.38. The minimum Gasteiger partial charge on any atom is -0.354 e. The molecule has 1 N–H and O–H groups in total. The Morgan fingerprint density at radius 3 is 2.67 bits per heavy atom. The van der Waals surface area contributed by atoms with E-state index in [-0.39, 0.29) is 23.2 Å². The van der Waals surface area contributed by atoms with Crippen molar-refractivity contribution in [3.63, 3.8) is 0 Å². The number of rotatable bonds is 5. The van der Waals surface area contributed by atoms with Crippen LogP contribution in [-0.2, 0) is 9.59 Å². The molecular formula is C16H22N2O2S. The summed E-state index contributed by atoms with van der Waals surface area (Å²) in [7, 11) is 0. The van der Waals surface area contributed by atoms with Crippen LogP contribution in [0.25, 0.3) is 0 Å². The van der Waals surface area contributed by atoms with Gasteiger partial charge in [0.25, 0.3) is 0 Å². The van der Waals surface area contributed by atoms with Gasteiger partial charge in [-0.15, -0.1) is 11.8 Å². The van der Waals surface area contributed by atoms with Crippen molar-refractivity contribution >= 4 is 23.6 Å². The van der Waals surface area contributed by atoms with Crippen LogP contribution in [-0.4, -0.2) is 35.1 Å². The molecule has 1 aromatic rings. The fourth-order valence-electron chi connectivity index (χ4n) is 2.47. The highest BCUT2D eigenvalue weighted by Gasteiger charge is 2.40. The number of nitrogens with one attached hydrogen (secondary N) is 1. The van der Waals surface area contributed by atoms with E-state index in [9.17, 15) is 9.59 Å². The molecular weight excluding hydrogens is 284 g/mol. The van der Waals surface area contributed by atoms with E-state index < -0.39 is 0 Å². The standard InChI is InChI=1S/C16H22N2O2S/c1-3-4-10-17-15(20)14-11-21-16(18(14)12(2)19)13-8-6-5-7-9-13/h5-9,14,16H,3-4,10-11H2,1-2H3,(H,17,20). The molecule has 0 spiro atoms. The third-order valence-corrected chi connectivity index (χ3v) is 4.90. The molecule has 1 fully saturated rings. The second-order valence-electron chi connectivity index (χ2n) is 5.18. The van der Waals surface area contributed by atoms with Gasteiger partial charge in [0.05, 0.1) is 0 Å². The molecule has 0 aromatic heterocycles. The molecule has 1 saturated heterocycles. The summed E-state index contributed by atoms with van der Waals surface area (Å²) in [5, 5.41) is 2.87. The van der Waals surface area contributed by atoms with Crippen LogP contribution in [0.5, 0.6) is 0 Å². The molecule has 2 unspecified atom stereocenters. The molecule has 2 rings (SSSR count). The summed E-state index contributed by atoms with van der Waals surface area (Å²) in [6, 6.07) is 9.52. The van der Waals surface area contributed by atoms with Crippen LogP contribution in [0.3, 0.4) is 0 Å². The molecule has 1 heterocycles. The quantitative estimate of drug-likeness (QED) is 0.851. The third-order valence-electron chi connectivity index (χ3n) is 3.58. The van der Waals surface area contributed by atoms with Gasteiger partial charge in [-0.25, -0.2) is 0 Å². The highest BCUT2D eigenvalue weighted by Crippen LogP contribution is 2.41. The molecule has 5 heteroatoms. The van der Waals surface area contributed by atoms with E-state index in [0.29, 0.717) is 12.3 Å². The summed E-state index contributed by atoms with van der Waals surface area (Å²) in [4.78, 5) is 26.0. The summed E-state index contributed by atoms with van der Waals surface area (Å²) < 4.78 is 0. The summed E-state index contributed by atoms with van der Waals surface area (Å²) >= 11 is 1.65. The van der Waals surface area contributed by atoms with Gasteiger partial charge in [-0.05, 0) is 12.0 Å². The average molecular weight is 306 g/mol. The Kier molecular flexibility index (Phi) is 5.67. The molecule has 21 heavy (non-hydrogen) atoms. The van der Waals surface area contributed by atoms with Crippen LogP contribution in [0.2, 0.25) is 0 Å². The van der Waals surface area contributed by atoms with Gasteiger partial charge >= 0.3 is 0 Å². The molecule has 1 aliphatic heterocycles. The number of carbonyl (C=O) groups is 2. The zero-order valence-corrected chi connectivity index (χ0v) is 13.4. The van der Waals surface area contributed by atoms with Gasteiger partial charge in [-0.1, -0.05) is 43.7 Å². The lowest BCUT2D eigenvalue weighted by Gasteiger charge is -2.27. The van der Waals surface area contributed by atoms with Crippen molar-refractivity contribution in [2.45, 2.75) is 38.1 Å². The highest BCUT2D eigenvalue weighted by atomic mass is 32.2. The maximum atomic E-state index is 12.3.